The Morgan fingerprint density at radius 2 is 1.78 bits per heavy atom. The molecular formula is C19H19N3O4S. The van der Waals surface area contributed by atoms with Crippen LogP contribution in [0.15, 0.2) is 57.8 Å². The minimum atomic E-state index is -3.42. The van der Waals surface area contributed by atoms with E-state index in [0.29, 0.717) is 11.1 Å². The van der Waals surface area contributed by atoms with Crippen LogP contribution in [-0.4, -0.2) is 29.8 Å². The molecule has 0 aliphatic rings. The standard InChI is InChI=1S/C19H19N3O4S/c1-12(2)27(24,25)16-6-4-5-15(11-16)18-21-22-19(26-18)20-17(23)14-9-7-13(3)8-10-14/h4-12H,1-3H3,(H,20,22,23). The number of hydrogen-bond donors (Lipinski definition) is 1. The van der Waals surface area contributed by atoms with Gasteiger partial charge in [-0.1, -0.05) is 28.9 Å². The van der Waals surface area contributed by atoms with E-state index in [4.69, 9.17) is 4.42 Å². The van der Waals surface area contributed by atoms with E-state index in [0.717, 1.165) is 5.56 Å². The van der Waals surface area contributed by atoms with Crippen molar-refractivity contribution in [1.29, 1.82) is 0 Å². The van der Waals surface area contributed by atoms with E-state index in [-0.39, 0.29) is 22.7 Å². The third kappa shape index (κ3) is 4.06. The summed E-state index contributed by atoms with van der Waals surface area (Å²) < 4.78 is 30.1. The number of sulfone groups is 1. The van der Waals surface area contributed by atoms with Gasteiger partial charge in [-0.15, -0.1) is 5.10 Å². The minimum absolute atomic E-state index is 0.0623. The molecule has 8 heteroatoms. The van der Waals surface area contributed by atoms with Crippen molar-refractivity contribution in [1.82, 2.24) is 10.2 Å². The SMILES string of the molecule is Cc1ccc(C(=O)Nc2nnc(-c3cccc(S(=O)(=O)C(C)C)c3)o2)cc1. The number of aryl methyl sites for hydroxylation is 1. The van der Waals surface area contributed by atoms with Gasteiger partial charge >= 0.3 is 6.01 Å². The number of nitrogens with zero attached hydrogens (tertiary/aromatic N) is 2. The smallest absolute Gasteiger partial charge is 0.322 e. The van der Waals surface area contributed by atoms with Gasteiger partial charge in [-0.2, -0.15) is 0 Å². The van der Waals surface area contributed by atoms with E-state index >= 15 is 0 Å². The van der Waals surface area contributed by atoms with Crippen molar-refractivity contribution in [3.8, 4) is 11.5 Å². The predicted molar refractivity (Wildman–Crippen MR) is 101 cm³/mol. The molecule has 140 valence electrons. The number of carbonyl (C=O) groups excluding carboxylic acids is 1. The Labute approximate surface area is 157 Å². The Kier molecular flexibility index (Phi) is 5.09. The van der Waals surface area contributed by atoms with E-state index < -0.39 is 15.1 Å². The van der Waals surface area contributed by atoms with Crippen molar-refractivity contribution in [3.63, 3.8) is 0 Å². The number of carbonyl (C=O) groups is 1. The molecule has 1 amide bonds. The first-order chi connectivity index (χ1) is 12.8. The summed E-state index contributed by atoms with van der Waals surface area (Å²) in [7, 11) is -3.42. The second kappa shape index (κ2) is 7.32. The van der Waals surface area contributed by atoms with Gasteiger partial charge in [0.15, 0.2) is 9.84 Å². The summed E-state index contributed by atoms with van der Waals surface area (Å²) in [5, 5.41) is 9.69. The summed E-state index contributed by atoms with van der Waals surface area (Å²) >= 11 is 0. The monoisotopic (exact) mass is 385 g/mol. The molecule has 0 atom stereocenters. The number of hydrogen-bond acceptors (Lipinski definition) is 6. The van der Waals surface area contributed by atoms with Gasteiger partial charge in [0.05, 0.1) is 10.1 Å². The summed E-state index contributed by atoms with van der Waals surface area (Å²) in [5.41, 5.74) is 1.97. The highest BCUT2D eigenvalue weighted by molar-refractivity contribution is 7.92. The Morgan fingerprint density at radius 3 is 2.44 bits per heavy atom. The number of benzene rings is 2. The van der Waals surface area contributed by atoms with Crippen LogP contribution in [-0.2, 0) is 9.84 Å². The third-order valence-electron chi connectivity index (χ3n) is 3.99. The van der Waals surface area contributed by atoms with Gasteiger partial charge < -0.3 is 4.42 Å². The fourth-order valence-electron chi connectivity index (χ4n) is 2.34. The van der Waals surface area contributed by atoms with Gasteiger partial charge in [0, 0.05) is 11.1 Å². The third-order valence-corrected chi connectivity index (χ3v) is 6.14. The van der Waals surface area contributed by atoms with Crippen LogP contribution < -0.4 is 5.32 Å². The van der Waals surface area contributed by atoms with Crippen LogP contribution >= 0.6 is 0 Å². The molecule has 7 nitrogen and oxygen atoms in total. The van der Waals surface area contributed by atoms with Crippen molar-refractivity contribution in [2.45, 2.75) is 30.9 Å². The Balaban J connectivity index is 1.82. The number of rotatable bonds is 5. The summed E-state index contributed by atoms with van der Waals surface area (Å²) in [6, 6.07) is 13.3. The molecule has 0 saturated carbocycles. The van der Waals surface area contributed by atoms with E-state index in [9.17, 15) is 13.2 Å². The van der Waals surface area contributed by atoms with Crippen LogP contribution in [0, 0.1) is 6.92 Å². The largest absolute Gasteiger partial charge is 0.403 e. The van der Waals surface area contributed by atoms with Crippen LogP contribution in [0.3, 0.4) is 0 Å². The average molecular weight is 385 g/mol. The molecular weight excluding hydrogens is 366 g/mol. The molecule has 0 aliphatic heterocycles. The zero-order valence-electron chi connectivity index (χ0n) is 15.1. The van der Waals surface area contributed by atoms with Crippen molar-refractivity contribution < 1.29 is 17.6 Å². The van der Waals surface area contributed by atoms with Gasteiger partial charge in [-0.3, -0.25) is 10.1 Å². The van der Waals surface area contributed by atoms with Gasteiger partial charge in [0.2, 0.25) is 5.89 Å². The molecule has 1 N–H and O–H groups in total. The minimum Gasteiger partial charge on any atom is -0.403 e. The zero-order chi connectivity index (χ0) is 19.6. The van der Waals surface area contributed by atoms with Crippen LogP contribution in [0.2, 0.25) is 0 Å². The lowest BCUT2D eigenvalue weighted by atomic mass is 10.1. The van der Waals surface area contributed by atoms with Gasteiger partial charge in [0.25, 0.3) is 5.91 Å². The van der Waals surface area contributed by atoms with E-state index in [1.807, 2.05) is 19.1 Å². The molecule has 2 aromatic carbocycles. The van der Waals surface area contributed by atoms with Gasteiger partial charge in [0.1, 0.15) is 0 Å². The highest BCUT2D eigenvalue weighted by Gasteiger charge is 2.20. The van der Waals surface area contributed by atoms with E-state index in [1.165, 1.54) is 12.1 Å². The molecule has 0 spiro atoms. The fourth-order valence-corrected chi connectivity index (χ4v) is 3.45. The van der Waals surface area contributed by atoms with Crippen molar-refractivity contribution in [3.05, 3.63) is 59.7 Å². The molecule has 3 rings (SSSR count). The van der Waals surface area contributed by atoms with Gasteiger partial charge in [-0.05, 0) is 51.1 Å². The summed E-state index contributed by atoms with van der Waals surface area (Å²) in [6.07, 6.45) is 0. The number of nitrogens with one attached hydrogen (secondary N) is 1. The maximum absolute atomic E-state index is 12.3. The van der Waals surface area contributed by atoms with E-state index in [2.05, 4.69) is 15.5 Å². The molecule has 0 saturated heterocycles. The highest BCUT2D eigenvalue weighted by Crippen LogP contribution is 2.25. The lowest BCUT2D eigenvalue weighted by Gasteiger charge is -2.08. The summed E-state index contributed by atoms with van der Waals surface area (Å²) in [6.45, 7) is 5.17. The van der Waals surface area contributed by atoms with Crippen molar-refractivity contribution >= 4 is 21.8 Å². The molecule has 27 heavy (non-hydrogen) atoms. The molecule has 0 aliphatic carbocycles. The molecule has 1 aromatic heterocycles. The predicted octanol–water partition coefficient (Wildman–Crippen LogP) is 3.48. The first-order valence-corrected chi connectivity index (χ1v) is 9.88. The Hall–Kier alpha value is -3.00. The highest BCUT2D eigenvalue weighted by atomic mass is 32.2. The zero-order valence-corrected chi connectivity index (χ0v) is 15.9. The number of anilines is 1. The van der Waals surface area contributed by atoms with Crippen molar-refractivity contribution in [2.24, 2.45) is 0 Å². The molecule has 0 radical (unpaired) electrons. The van der Waals surface area contributed by atoms with Crippen molar-refractivity contribution in [2.75, 3.05) is 5.32 Å². The lowest BCUT2D eigenvalue weighted by molar-refractivity contribution is 0.102. The molecule has 0 unspecified atom stereocenters. The normalized spacial score (nSPS) is 11.6. The molecule has 1 heterocycles. The maximum atomic E-state index is 12.3. The Morgan fingerprint density at radius 1 is 1.07 bits per heavy atom. The van der Waals surface area contributed by atoms with Gasteiger partial charge in [-0.25, -0.2) is 8.42 Å². The van der Waals surface area contributed by atoms with Crippen LogP contribution in [0.4, 0.5) is 6.01 Å². The average Bonchev–Trinajstić information content (AvgIpc) is 3.10. The van der Waals surface area contributed by atoms with Crippen LogP contribution in [0.1, 0.15) is 29.8 Å². The molecule has 3 aromatic rings. The Bertz CT molecular complexity index is 1070. The van der Waals surface area contributed by atoms with Crippen LogP contribution in [0.5, 0.6) is 0 Å². The summed E-state index contributed by atoms with van der Waals surface area (Å²) in [4.78, 5) is 12.4. The number of amides is 1. The first-order valence-electron chi connectivity index (χ1n) is 8.33. The second-order valence-corrected chi connectivity index (χ2v) is 8.86. The molecule has 0 bridgehead atoms. The molecule has 0 fully saturated rings. The quantitative estimate of drug-likeness (QED) is 0.721. The fraction of sp³-hybridized carbons (Fsp3) is 0.211. The van der Waals surface area contributed by atoms with Crippen LogP contribution in [0.25, 0.3) is 11.5 Å². The first kappa shape index (κ1) is 18.8. The maximum Gasteiger partial charge on any atom is 0.322 e. The lowest BCUT2D eigenvalue weighted by Crippen LogP contribution is -2.13. The topological polar surface area (TPSA) is 102 Å². The van der Waals surface area contributed by atoms with E-state index in [1.54, 1.807) is 38.1 Å². The second-order valence-electron chi connectivity index (χ2n) is 6.35. The number of aromatic nitrogens is 2. The summed E-state index contributed by atoms with van der Waals surface area (Å²) in [5.74, 6) is -0.253.